The summed E-state index contributed by atoms with van der Waals surface area (Å²) in [5, 5.41) is 0. The van der Waals surface area contributed by atoms with Gasteiger partial charge in [0.05, 0.1) is 17.3 Å². The van der Waals surface area contributed by atoms with Gasteiger partial charge in [-0.25, -0.2) is 4.98 Å². The normalized spacial score (nSPS) is 10.6. The predicted molar refractivity (Wildman–Crippen MR) is 62.5 cm³/mol. The fraction of sp³-hybridized carbons (Fsp3) is 0.400. The van der Waals surface area contributed by atoms with Crippen molar-refractivity contribution >= 4 is 28.8 Å². The van der Waals surface area contributed by atoms with Gasteiger partial charge in [0, 0.05) is 19.3 Å². The van der Waals surface area contributed by atoms with E-state index in [2.05, 4.69) is 13.7 Å². The number of rotatable bonds is 3. The van der Waals surface area contributed by atoms with Gasteiger partial charge in [0.25, 0.3) is 5.91 Å². The maximum Gasteiger partial charge on any atom is 0.255 e. The van der Waals surface area contributed by atoms with Crippen LogP contribution in [0.5, 0.6) is 0 Å². The third kappa shape index (κ3) is 1.88. The number of carbonyl (C=O) groups excluding carboxylic acids is 1. The molecule has 0 spiro atoms. The third-order valence-electron chi connectivity index (χ3n) is 2.41. The molecule has 0 aromatic carbocycles. The Bertz CT molecular complexity index is 506. The molecule has 0 radical (unpaired) electrons. The molecule has 0 bridgehead atoms. The Hall–Kier alpha value is -1.56. The second-order valence-electron chi connectivity index (χ2n) is 3.31. The van der Waals surface area contributed by atoms with E-state index in [1.165, 1.54) is 0 Å². The van der Waals surface area contributed by atoms with Crippen LogP contribution in [0.2, 0.25) is 0 Å². The van der Waals surface area contributed by atoms with E-state index in [0.29, 0.717) is 29.8 Å². The lowest BCUT2D eigenvalue weighted by Gasteiger charge is -2.18. The lowest BCUT2D eigenvalue weighted by Crippen LogP contribution is -2.30. The van der Waals surface area contributed by atoms with Gasteiger partial charge in [-0.1, -0.05) is 0 Å². The van der Waals surface area contributed by atoms with Crippen molar-refractivity contribution in [3.63, 3.8) is 0 Å². The summed E-state index contributed by atoms with van der Waals surface area (Å²) in [6.07, 6.45) is 1.56. The molecule has 0 atom stereocenters. The van der Waals surface area contributed by atoms with Gasteiger partial charge >= 0.3 is 0 Å². The summed E-state index contributed by atoms with van der Waals surface area (Å²) in [7, 11) is 0. The van der Waals surface area contributed by atoms with Crippen LogP contribution < -0.4 is 0 Å². The molecular weight excluding hydrogens is 224 g/mol. The van der Waals surface area contributed by atoms with Gasteiger partial charge in [-0.15, -0.1) is 0 Å². The Morgan fingerprint density at radius 3 is 2.81 bits per heavy atom. The highest BCUT2D eigenvalue weighted by Crippen LogP contribution is 2.12. The van der Waals surface area contributed by atoms with Crippen molar-refractivity contribution in [2.75, 3.05) is 13.1 Å². The molecule has 2 aromatic rings. The van der Waals surface area contributed by atoms with Gasteiger partial charge in [-0.3, -0.25) is 4.79 Å². The van der Waals surface area contributed by atoms with Crippen LogP contribution in [-0.2, 0) is 0 Å². The molecule has 5 nitrogen and oxygen atoms in total. The molecule has 2 heterocycles. The van der Waals surface area contributed by atoms with Crippen molar-refractivity contribution in [2.24, 2.45) is 0 Å². The number of fused-ring (bicyclic) bond motifs is 1. The van der Waals surface area contributed by atoms with Crippen LogP contribution in [0, 0.1) is 0 Å². The van der Waals surface area contributed by atoms with Crippen LogP contribution in [0.4, 0.5) is 0 Å². The Morgan fingerprint density at radius 1 is 1.38 bits per heavy atom. The number of hydrogen-bond acceptors (Lipinski definition) is 5. The molecule has 2 rings (SSSR count). The molecule has 2 aromatic heterocycles. The van der Waals surface area contributed by atoms with Gasteiger partial charge in [-0.05, 0) is 19.9 Å². The number of amides is 1. The SMILES string of the molecule is CCN(CC)C(=O)c1cnc2nsnc2c1. The smallest absolute Gasteiger partial charge is 0.255 e. The molecule has 16 heavy (non-hydrogen) atoms. The first-order valence-corrected chi connectivity index (χ1v) is 5.86. The van der Waals surface area contributed by atoms with Crippen molar-refractivity contribution in [1.82, 2.24) is 18.6 Å². The van der Waals surface area contributed by atoms with Gasteiger partial charge in [0.2, 0.25) is 0 Å². The van der Waals surface area contributed by atoms with Crippen LogP contribution in [0.3, 0.4) is 0 Å². The summed E-state index contributed by atoms with van der Waals surface area (Å²) < 4.78 is 8.07. The van der Waals surface area contributed by atoms with Crippen molar-refractivity contribution in [1.29, 1.82) is 0 Å². The molecule has 84 valence electrons. The Morgan fingerprint density at radius 2 is 2.12 bits per heavy atom. The zero-order valence-corrected chi connectivity index (χ0v) is 9.99. The first kappa shape index (κ1) is 10.9. The van der Waals surface area contributed by atoms with Crippen molar-refractivity contribution in [2.45, 2.75) is 13.8 Å². The van der Waals surface area contributed by atoms with Gasteiger partial charge < -0.3 is 4.90 Å². The summed E-state index contributed by atoms with van der Waals surface area (Å²) in [5.74, 6) is -0.00704. The van der Waals surface area contributed by atoms with Crippen LogP contribution in [0.1, 0.15) is 24.2 Å². The summed E-state index contributed by atoms with van der Waals surface area (Å²) in [6, 6.07) is 1.74. The number of aromatic nitrogens is 3. The van der Waals surface area contributed by atoms with E-state index in [1.54, 1.807) is 17.2 Å². The molecule has 0 aliphatic rings. The first-order chi connectivity index (χ1) is 7.76. The highest BCUT2D eigenvalue weighted by molar-refractivity contribution is 7.00. The van der Waals surface area contributed by atoms with Crippen LogP contribution in [0.25, 0.3) is 11.2 Å². The van der Waals surface area contributed by atoms with Crippen LogP contribution in [-0.4, -0.2) is 37.6 Å². The topological polar surface area (TPSA) is 59.0 Å². The Labute approximate surface area is 97.4 Å². The lowest BCUT2D eigenvalue weighted by molar-refractivity contribution is 0.0773. The summed E-state index contributed by atoms with van der Waals surface area (Å²) >= 11 is 1.11. The van der Waals surface area contributed by atoms with E-state index in [-0.39, 0.29) is 5.91 Å². The average molecular weight is 236 g/mol. The molecule has 0 saturated carbocycles. The van der Waals surface area contributed by atoms with E-state index in [4.69, 9.17) is 0 Å². The molecule has 0 unspecified atom stereocenters. The number of carbonyl (C=O) groups is 1. The summed E-state index contributed by atoms with van der Waals surface area (Å²) in [6.45, 7) is 5.31. The maximum atomic E-state index is 12.0. The third-order valence-corrected chi connectivity index (χ3v) is 2.94. The average Bonchev–Trinajstić information content (AvgIpc) is 2.77. The quantitative estimate of drug-likeness (QED) is 0.811. The molecule has 0 saturated heterocycles. The zero-order chi connectivity index (χ0) is 11.5. The fourth-order valence-electron chi connectivity index (χ4n) is 1.50. The Kier molecular flexibility index (Phi) is 3.09. The molecule has 0 aliphatic carbocycles. The Balaban J connectivity index is 2.35. The van der Waals surface area contributed by atoms with E-state index in [1.807, 2.05) is 13.8 Å². The number of pyridine rings is 1. The standard InChI is InChI=1S/C10H12N4OS/c1-3-14(4-2)10(15)7-5-8-9(11-6-7)13-16-12-8/h5-6H,3-4H2,1-2H3. The maximum absolute atomic E-state index is 12.0. The van der Waals surface area contributed by atoms with E-state index >= 15 is 0 Å². The highest BCUT2D eigenvalue weighted by Gasteiger charge is 2.14. The van der Waals surface area contributed by atoms with Crippen LogP contribution in [0.15, 0.2) is 12.3 Å². The van der Waals surface area contributed by atoms with E-state index < -0.39 is 0 Å². The van der Waals surface area contributed by atoms with Gasteiger partial charge in [0.15, 0.2) is 5.65 Å². The van der Waals surface area contributed by atoms with Crippen molar-refractivity contribution in [3.8, 4) is 0 Å². The van der Waals surface area contributed by atoms with Crippen molar-refractivity contribution in [3.05, 3.63) is 17.8 Å². The molecular formula is C10H12N4OS. The monoisotopic (exact) mass is 236 g/mol. The first-order valence-electron chi connectivity index (χ1n) is 5.13. The minimum Gasteiger partial charge on any atom is -0.339 e. The zero-order valence-electron chi connectivity index (χ0n) is 9.17. The highest BCUT2D eigenvalue weighted by atomic mass is 32.1. The molecule has 0 fully saturated rings. The predicted octanol–water partition coefficient (Wildman–Crippen LogP) is 1.57. The molecule has 0 N–H and O–H groups in total. The van der Waals surface area contributed by atoms with Crippen LogP contribution >= 0.6 is 11.7 Å². The van der Waals surface area contributed by atoms with Gasteiger partial charge in [-0.2, -0.15) is 8.75 Å². The molecule has 0 aliphatic heterocycles. The molecule has 1 amide bonds. The van der Waals surface area contributed by atoms with Gasteiger partial charge in [0.1, 0.15) is 5.52 Å². The number of nitrogens with zero attached hydrogens (tertiary/aromatic N) is 4. The number of hydrogen-bond donors (Lipinski definition) is 0. The second kappa shape index (κ2) is 4.52. The summed E-state index contributed by atoms with van der Waals surface area (Å²) in [4.78, 5) is 17.9. The summed E-state index contributed by atoms with van der Waals surface area (Å²) in [5.41, 5.74) is 1.85. The fourth-order valence-corrected chi connectivity index (χ4v) is 1.98. The minimum atomic E-state index is -0.00704. The molecule has 6 heteroatoms. The van der Waals surface area contributed by atoms with E-state index in [0.717, 1.165) is 11.7 Å². The van der Waals surface area contributed by atoms with Crippen molar-refractivity contribution < 1.29 is 4.79 Å². The second-order valence-corrected chi connectivity index (χ2v) is 3.84. The van der Waals surface area contributed by atoms with E-state index in [9.17, 15) is 4.79 Å². The lowest BCUT2D eigenvalue weighted by atomic mass is 10.2. The largest absolute Gasteiger partial charge is 0.339 e. The minimum absolute atomic E-state index is 0.00704.